The van der Waals surface area contributed by atoms with E-state index in [4.69, 9.17) is 0 Å². The summed E-state index contributed by atoms with van der Waals surface area (Å²) in [5, 5.41) is 3.27. The van der Waals surface area contributed by atoms with Gasteiger partial charge in [0, 0.05) is 6.54 Å². The number of nitrogens with zero attached hydrogens (tertiary/aromatic N) is 1. The summed E-state index contributed by atoms with van der Waals surface area (Å²) in [5.74, 6) is 0.213. The highest BCUT2D eigenvalue weighted by molar-refractivity contribution is 9.10. The molecule has 1 unspecified atom stereocenters. The topological polar surface area (TPSA) is 24.9 Å². The van der Waals surface area contributed by atoms with Gasteiger partial charge in [0.25, 0.3) is 0 Å². The largest absolute Gasteiger partial charge is 0.383 e. The number of pyridine rings is 1. The van der Waals surface area contributed by atoms with Gasteiger partial charge in [-0.2, -0.15) is 0 Å². The predicted octanol–water partition coefficient (Wildman–Crippen LogP) is 3.69. The van der Waals surface area contributed by atoms with Crippen molar-refractivity contribution in [2.45, 2.75) is 6.42 Å². The lowest BCUT2D eigenvalue weighted by atomic mass is 10.0. The molecule has 0 bridgehead atoms. The van der Waals surface area contributed by atoms with Crippen molar-refractivity contribution >= 4 is 21.6 Å². The molecule has 1 atom stereocenters. The van der Waals surface area contributed by atoms with Crippen LogP contribution in [0.4, 0.5) is 10.1 Å². The third-order valence-electron chi connectivity index (χ3n) is 2.44. The Hall–Kier alpha value is -1.16. The summed E-state index contributed by atoms with van der Waals surface area (Å²) >= 11 is 3.28. The number of anilines is 1. The molecule has 1 aromatic rings. The van der Waals surface area contributed by atoms with Gasteiger partial charge in [0.2, 0.25) is 0 Å². The number of halogens is 2. The van der Waals surface area contributed by atoms with Crippen LogP contribution in [-0.4, -0.2) is 11.5 Å². The first-order valence-corrected chi connectivity index (χ1v) is 5.92. The van der Waals surface area contributed by atoms with E-state index in [1.807, 2.05) is 18.2 Å². The van der Waals surface area contributed by atoms with Crippen LogP contribution in [0.1, 0.15) is 6.42 Å². The molecule has 0 aliphatic heterocycles. The molecule has 0 spiro atoms. The van der Waals surface area contributed by atoms with Gasteiger partial charge < -0.3 is 5.32 Å². The molecule has 1 N–H and O–H groups in total. The Kier molecular flexibility index (Phi) is 3.72. The highest BCUT2D eigenvalue weighted by atomic mass is 79.9. The van der Waals surface area contributed by atoms with Crippen LogP contribution in [0.2, 0.25) is 0 Å². The van der Waals surface area contributed by atoms with Crippen LogP contribution in [-0.2, 0) is 0 Å². The second-order valence-electron chi connectivity index (χ2n) is 3.69. The van der Waals surface area contributed by atoms with Crippen molar-refractivity contribution in [1.29, 1.82) is 0 Å². The normalized spacial score (nSPS) is 19.4. The van der Waals surface area contributed by atoms with Gasteiger partial charge in [0.15, 0.2) is 0 Å². The molecule has 1 aliphatic rings. The molecule has 2 rings (SSSR count). The number of allylic oxidation sites excluding steroid dienone is 3. The Bertz CT molecular complexity index is 412. The number of aromatic nitrogens is 1. The minimum Gasteiger partial charge on any atom is -0.383 e. The summed E-state index contributed by atoms with van der Waals surface area (Å²) in [6.45, 7) is 0.795. The summed E-state index contributed by atoms with van der Waals surface area (Å²) in [7, 11) is 0. The quantitative estimate of drug-likeness (QED) is 0.856. The lowest BCUT2D eigenvalue weighted by Gasteiger charge is -2.15. The first-order chi connectivity index (χ1) is 7.74. The van der Waals surface area contributed by atoms with Gasteiger partial charge >= 0.3 is 0 Å². The predicted molar refractivity (Wildman–Crippen MR) is 66.9 cm³/mol. The molecule has 0 saturated heterocycles. The van der Waals surface area contributed by atoms with Crippen LogP contribution in [0.5, 0.6) is 0 Å². The fourth-order valence-corrected chi connectivity index (χ4v) is 1.75. The molecular formula is C12H12BrFN2. The standard InChI is InChI=1S/C12H12BrFN2/c13-12-6-5-11(8-16-12)15-7-9-1-3-10(14)4-2-9/h1,3-6,8-9,15H,2,7H2. The van der Waals surface area contributed by atoms with Gasteiger partial charge in [-0.3, -0.25) is 0 Å². The van der Waals surface area contributed by atoms with Crippen LogP contribution in [0.25, 0.3) is 0 Å². The molecule has 1 aliphatic carbocycles. The van der Waals surface area contributed by atoms with E-state index in [0.29, 0.717) is 5.92 Å². The van der Waals surface area contributed by atoms with E-state index < -0.39 is 0 Å². The van der Waals surface area contributed by atoms with Crippen LogP contribution >= 0.6 is 15.9 Å². The minimum atomic E-state index is -0.137. The van der Waals surface area contributed by atoms with Crippen molar-refractivity contribution < 1.29 is 4.39 Å². The summed E-state index contributed by atoms with van der Waals surface area (Å²) in [6, 6.07) is 3.85. The maximum absolute atomic E-state index is 12.7. The molecule has 2 nitrogen and oxygen atoms in total. The average Bonchev–Trinajstić information content (AvgIpc) is 2.30. The first kappa shape index (κ1) is 11.3. The average molecular weight is 283 g/mol. The van der Waals surface area contributed by atoms with E-state index in [2.05, 4.69) is 26.2 Å². The van der Waals surface area contributed by atoms with Crippen molar-refractivity contribution in [3.63, 3.8) is 0 Å². The number of nitrogens with one attached hydrogen (secondary N) is 1. The summed E-state index contributed by atoms with van der Waals surface area (Å²) in [6.07, 6.45) is 7.56. The van der Waals surface area contributed by atoms with Crippen molar-refractivity contribution in [3.05, 3.63) is 47.0 Å². The molecule has 4 heteroatoms. The Morgan fingerprint density at radius 1 is 1.50 bits per heavy atom. The van der Waals surface area contributed by atoms with E-state index in [1.54, 1.807) is 12.3 Å². The van der Waals surface area contributed by atoms with E-state index >= 15 is 0 Å². The molecule has 1 heterocycles. The smallest absolute Gasteiger partial charge is 0.118 e. The number of hydrogen-bond donors (Lipinski definition) is 1. The number of rotatable bonds is 3. The summed E-state index contributed by atoms with van der Waals surface area (Å²) in [4.78, 5) is 4.12. The van der Waals surface area contributed by atoms with E-state index in [-0.39, 0.29) is 5.83 Å². The third-order valence-corrected chi connectivity index (χ3v) is 2.91. The molecule has 0 radical (unpaired) electrons. The van der Waals surface area contributed by atoms with E-state index in [9.17, 15) is 4.39 Å². The second-order valence-corrected chi connectivity index (χ2v) is 4.51. The van der Waals surface area contributed by atoms with Crippen LogP contribution < -0.4 is 5.32 Å². The van der Waals surface area contributed by atoms with Gasteiger partial charge in [-0.15, -0.1) is 0 Å². The first-order valence-electron chi connectivity index (χ1n) is 5.13. The zero-order valence-electron chi connectivity index (χ0n) is 8.66. The number of hydrogen-bond acceptors (Lipinski definition) is 2. The monoisotopic (exact) mass is 282 g/mol. The molecule has 1 aromatic heterocycles. The fraction of sp³-hybridized carbons (Fsp3) is 0.250. The van der Waals surface area contributed by atoms with Gasteiger partial charge in [0.05, 0.1) is 11.9 Å². The highest BCUT2D eigenvalue weighted by Gasteiger charge is 2.08. The third kappa shape index (κ3) is 3.17. The second kappa shape index (κ2) is 5.25. The molecule has 16 heavy (non-hydrogen) atoms. The Labute approximate surface area is 102 Å². The zero-order chi connectivity index (χ0) is 11.4. The van der Waals surface area contributed by atoms with Gasteiger partial charge in [-0.25, -0.2) is 9.37 Å². The van der Waals surface area contributed by atoms with Crippen LogP contribution in [0, 0.1) is 5.92 Å². The van der Waals surface area contributed by atoms with Crippen molar-refractivity contribution in [3.8, 4) is 0 Å². The lowest BCUT2D eigenvalue weighted by Crippen LogP contribution is -2.13. The lowest BCUT2D eigenvalue weighted by molar-refractivity contribution is 0.613. The van der Waals surface area contributed by atoms with Crippen LogP contribution in [0.3, 0.4) is 0 Å². The Morgan fingerprint density at radius 2 is 2.38 bits per heavy atom. The molecule has 84 valence electrons. The molecule has 0 amide bonds. The van der Waals surface area contributed by atoms with E-state index in [1.165, 1.54) is 6.08 Å². The van der Waals surface area contributed by atoms with Gasteiger partial charge in [-0.05, 0) is 52.6 Å². The molecule has 0 aromatic carbocycles. The Morgan fingerprint density at radius 3 is 3.00 bits per heavy atom. The Balaban J connectivity index is 1.84. The summed E-state index contributed by atoms with van der Waals surface area (Å²) in [5.41, 5.74) is 0.978. The fourth-order valence-electron chi connectivity index (χ4n) is 1.52. The minimum absolute atomic E-state index is 0.137. The molecular weight excluding hydrogens is 271 g/mol. The SMILES string of the molecule is FC1=CCC(CNc2ccc(Br)nc2)C=C1. The molecule has 0 saturated carbocycles. The van der Waals surface area contributed by atoms with E-state index in [0.717, 1.165) is 23.3 Å². The zero-order valence-corrected chi connectivity index (χ0v) is 10.2. The maximum Gasteiger partial charge on any atom is 0.118 e. The van der Waals surface area contributed by atoms with Gasteiger partial charge in [0.1, 0.15) is 10.4 Å². The molecule has 0 fully saturated rings. The van der Waals surface area contributed by atoms with Crippen molar-refractivity contribution in [2.24, 2.45) is 5.92 Å². The summed E-state index contributed by atoms with van der Waals surface area (Å²) < 4.78 is 13.5. The van der Waals surface area contributed by atoms with Crippen LogP contribution in [0.15, 0.2) is 47.0 Å². The maximum atomic E-state index is 12.7. The van der Waals surface area contributed by atoms with Crippen molar-refractivity contribution in [1.82, 2.24) is 4.98 Å². The van der Waals surface area contributed by atoms with Gasteiger partial charge in [-0.1, -0.05) is 6.08 Å². The van der Waals surface area contributed by atoms with Crippen molar-refractivity contribution in [2.75, 3.05) is 11.9 Å². The highest BCUT2D eigenvalue weighted by Crippen LogP contribution is 2.18.